The Hall–Kier alpha value is -2.69. The molecule has 0 saturated heterocycles. The average Bonchev–Trinajstić information content (AvgIpc) is 2.50. The van der Waals surface area contributed by atoms with E-state index in [4.69, 9.17) is 0 Å². The monoisotopic (exact) mass is 287 g/mol. The highest BCUT2D eigenvalue weighted by Crippen LogP contribution is 2.17. The molecule has 0 aliphatic carbocycles. The molecule has 5 heteroatoms. The summed E-state index contributed by atoms with van der Waals surface area (Å²) >= 11 is 0. The Morgan fingerprint density at radius 2 is 1.67 bits per heavy atom. The van der Waals surface area contributed by atoms with Crippen molar-refractivity contribution in [1.29, 1.82) is 0 Å². The lowest BCUT2D eigenvalue weighted by molar-refractivity contribution is 0.0600. The summed E-state index contributed by atoms with van der Waals surface area (Å²) in [4.78, 5) is 23.4. The van der Waals surface area contributed by atoms with Gasteiger partial charge in [0.2, 0.25) is 0 Å². The summed E-state index contributed by atoms with van der Waals surface area (Å²) in [5, 5.41) is 2.63. The van der Waals surface area contributed by atoms with Crippen molar-refractivity contribution in [3.8, 4) is 0 Å². The van der Waals surface area contributed by atoms with Crippen LogP contribution >= 0.6 is 0 Å². The van der Waals surface area contributed by atoms with Crippen LogP contribution in [0.5, 0.6) is 0 Å². The molecule has 0 aliphatic rings. The number of anilines is 1. The van der Waals surface area contributed by atoms with Gasteiger partial charge in [-0.25, -0.2) is 9.18 Å². The van der Waals surface area contributed by atoms with E-state index in [-0.39, 0.29) is 5.91 Å². The lowest BCUT2D eigenvalue weighted by atomic mass is 10.1. The van der Waals surface area contributed by atoms with Crippen LogP contribution in [-0.2, 0) is 4.74 Å². The van der Waals surface area contributed by atoms with Crippen molar-refractivity contribution in [1.82, 2.24) is 0 Å². The number of methoxy groups -OCH3 is 1. The number of benzene rings is 2. The Bertz CT molecular complexity index is 680. The van der Waals surface area contributed by atoms with Crippen molar-refractivity contribution in [2.45, 2.75) is 6.92 Å². The highest BCUT2D eigenvalue weighted by atomic mass is 19.1. The van der Waals surface area contributed by atoms with Crippen LogP contribution in [0.1, 0.15) is 26.3 Å². The first kappa shape index (κ1) is 14.7. The Kier molecular flexibility index (Phi) is 4.33. The highest BCUT2D eigenvalue weighted by Gasteiger charge is 2.10. The Morgan fingerprint density at radius 1 is 1.05 bits per heavy atom. The molecule has 1 N–H and O–H groups in total. The van der Waals surface area contributed by atoms with Gasteiger partial charge in [0, 0.05) is 11.3 Å². The summed E-state index contributed by atoms with van der Waals surface area (Å²) in [6.07, 6.45) is 0. The van der Waals surface area contributed by atoms with Gasteiger partial charge >= 0.3 is 5.97 Å². The molecule has 108 valence electrons. The fourth-order valence-electron chi connectivity index (χ4n) is 1.80. The van der Waals surface area contributed by atoms with E-state index in [1.54, 1.807) is 13.0 Å². The summed E-state index contributed by atoms with van der Waals surface area (Å²) in [6.45, 7) is 1.77. The van der Waals surface area contributed by atoms with Crippen molar-refractivity contribution < 1.29 is 18.7 Å². The van der Waals surface area contributed by atoms with E-state index in [1.807, 2.05) is 0 Å². The predicted molar refractivity (Wildman–Crippen MR) is 76.9 cm³/mol. The van der Waals surface area contributed by atoms with Crippen LogP contribution in [0.3, 0.4) is 0 Å². The molecule has 2 aromatic rings. The second-order valence-corrected chi connectivity index (χ2v) is 4.48. The minimum atomic E-state index is -0.470. The summed E-state index contributed by atoms with van der Waals surface area (Å²) in [5.41, 5.74) is 1.90. The second-order valence-electron chi connectivity index (χ2n) is 4.48. The molecule has 2 rings (SSSR count). The third-order valence-electron chi connectivity index (χ3n) is 3.02. The zero-order chi connectivity index (χ0) is 15.4. The molecule has 0 fully saturated rings. The molecule has 0 unspecified atom stereocenters. The maximum absolute atomic E-state index is 13.2. The van der Waals surface area contributed by atoms with Crippen molar-refractivity contribution in [3.05, 3.63) is 65.0 Å². The molecule has 0 aliphatic heterocycles. The number of ether oxygens (including phenoxy) is 1. The Labute approximate surface area is 121 Å². The number of aryl methyl sites for hydroxylation is 1. The zero-order valence-electron chi connectivity index (χ0n) is 11.6. The molecule has 0 aromatic heterocycles. The molecule has 0 radical (unpaired) electrons. The van der Waals surface area contributed by atoms with Gasteiger partial charge in [-0.15, -0.1) is 0 Å². The smallest absolute Gasteiger partial charge is 0.337 e. The summed E-state index contributed by atoms with van der Waals surface area (Å²) < 4.78 is 17.8. The SMILES string of the molecule is COC(=O)c1ccc(C(=O)Nc2cc(F)ccc2C)cc1. The molecule has 0 heterocycles. The Balaban J connectivity index is 2.17. The first-order valence-corrected chi connectivity index (χ1v) is 6.27. The minimum absolute atomic E-state index is 0.357. The van der Waals surface area contributed by atoms with Crippen LogP contribution in [0.15, 0.2) is 42.5 Å². The molecule has 0 spiro atoms. The normalized spacial score (nSPS) is 10.0. The summed E-state index contributed by atoms with van der Waals surface area (Å²) in [7, 11) is 1.29. The number of rotatable bonds is 3. The summed E-state index contributed by atoms with van der Waals surface area (Å²) in [5.74, 6) is -1.26. The van der Waals surface area contributed by atoms with Crippen LogP contribution in [0, 0.1) is 12.7 Å². The highest BCUT2D eigenvalue weighted by molar-refractivity contribution is 6.05. The number of hydrogen-bond donors (Lipinski definition) is 1. The number of esters is 1. The number of halogens is 1. The molecule has 1 amide bonds. The van der Waals surface area contributed by atoms with Gasteiger partial charge in [0.15, 0.2) is 0 Å². The standard InChI is InChI=1S/C16H14FNO3/c1-10-3-8-13(17)9-14(10)18-15(19)11-4-6-12(7-5-11)16(20)21-2/h3-9H,1-2H3,(H,18,19). The van der Waals surface area contributed by atoms with Gasteiger partial charge in [-0.05, 0) is 48.9 Å². The number of amides is 1. The second kappa shape index (κ2) is 6.17. The van der Waals surface area contributed by atoms with Crippen LogP contribution in [0.2, 0.25) is 0 Å². The van der Waals surface area contributed by atoms with Crippen LogP contribution < -0.4 is 5.32 Å². The van der Waals surface area contributed by atoms with Crippen molar-refractivity contribution >= 4 is 17.6 Å². The van der Waals surface area contributed by atoms with Crippen LogP contribution in [-0.4, -0.2) is 19.0 Å². The van der Waals surface area contributed by atoms with Gasteiger partial charge in [0.05, 0.1) is 12.7 Å². The van der Waals surface area contributed by atoms with Gasteiger partial charge in [-0.1, -0.05) is 6.07 Å². The van der Waals surface area contributed by atoms with Gasteiger partial charge < -0.3 is 10.1 Å². The lowest BCUT2D eigenvalue weighted by Crippen LogP contribution is -2.13. The molecule has 2 aromatic carbocycles. The molecule has 4 nitrogen and oxygen atoms in total. The first-order chi connectivity index (χ1) is 10.0. The maximum Gasteiger partial charge on any atom is 0.337 e. The van der Waals surface area contributed by atoms with E-state index in [1.165, 1.54) is 43.5 Å². The van der Waals surface area contributed by atoms with E-state index in [2.05, 4.69) is 10.1 Å². The number of nitrogens with one attached hydrogen (secondary N) is 1. The van der Waals surface area contributed by atoms with Gasteiger partial charge in [0.25, 0.3) is 5.91 Å². The van der Waals surface area contributed by atoms with E-state index in [9.17, 15) is 14.0 Å². The fourth-order valence-corrected chi connectivity index (χ4v) is 1.80. The van der Waals surface area contributed by atoms with Gasteiger partial charge in [0.1, 0.15) is 5.82 Å². The van der Waals surface area contributed by atoms with E-state index in [0.717, 1.165) is 5.56 Å². The van der Waals surface area contributed by atoms with Crippen molar-refractivity contribution in [2.75, 3.05) is 12.4 Å². The Morgan fingerprint density at radius 3 is 2.29 bits per heavy atom. The van der Waals surface area contributed by atoms with Gasteiger partial charge in [-0.3, -0.25) is 4.79 Å². The number of carbonyl (C=O) groups is 2. The van der Waals surface area contributed by atoms with Crippen LogP contribution in [0.25, 0.3) is 0 Å². The largest absolute Gasteiger partial charge is 0.465 e. The van der Waals surface area contributed by atoms with Crippen LogP contribution in [0.4, 0.5) is 10.1 Å². The molecular formula is C16H14FNO3. The topological polar surface area (TPSA) is 55.4 Å². The van der Waals surface area contributed by atoms with E-state index < -0.39 is 11.8 Å². The van der Waals surface area contributed by atoms with Crippen molar-refractivity contribution in [2.24, 2.45) is 0 Å². The molecule has 0 saturated carbocycles. The number of hydrogen-bond acceptors (Lipinski definition) is 3. The number of carbonyl (C=O) groups excluding carboxylic acids is 2. The quantitative estimate of drug-likeness (QED) is 0.882. The molecule has 21 heavy (non-hydrogen) atoms. The summed E-state index contributed by atoms with van der Waals surface area (Å²) in [6, 6.07) is 10.2. The molecular weight excluding hydrogens is 273 g/mol. The maximum atomic E-state index is 13.2. The van der Waals surface area contributed by atoms with Crippen molar-refractivity contribution in [3.63, 3.8) is 0 Å². The van der Waals surface area contributed by atoms with E-state index >= 15 is 0 Å². The average molecular weight is 287 g/mol. The molecule has 0 bridgehead atoms. The lowest BCUT2D eigenvalue weighted by Gasteiger charge is -2.09. The predicted octanol–water partition coefficient (Wildman–Crippen LogP) is 3.17. The first-order valence-electron chi connectivity index (χ1n) is 6.27. The third-order valence-corrected chi connectivity index (χ3v) is 3.02. The van der Waals surface area contributed by atoms with E-state index in [0.29, 0.717) is 16.8 Å². The minimum Gasteiger partial charge on any atom is -0.465 e. The third kappa shape index (κ3) is 3.45. The van der Waals surface area contributed by atoms with Gasteiger partial charge in [-0.2, -0.15) is 0 Å². The molecule has 0 atom stereocenters. The fraction of sp³-hybridized carbons (Fsp3) is 0.125. The zero-order valence-corrected chi connectivity index (χ0v) is 11.6.